The number of rotatable bonds is 25. The molecule has 5 N–H and O–H groups in total. The minimum Gasteiger partial charge on any atom is -0.397 e. The second kappa shape index (κ2) is 24.6. The van der Waals surface area contributed by atoms with Crippen LogP contribution in [0.2, 0.25) is 0 Å². The first-order chi connectivity index (χ1) is 26.4. The van der Waals surface area contributed by atoms with E-state index in [-0.39, 0.29) is 43.5 Å². The second-order valence-corrected chi connectivity index (χ2v) is 14.8. The average molecular weight is 743 g/mol. The molecule has 9 nitrogen and oxygen atoms in total. The molecule has 0 radical (unpaired) electrons. The first-order valence-corrected chi connectivity index (χ1v) is 20.7. The van der Waals surface area contributed by atoms with Gasteiger partial charge in [0.1, 0.15) is 0 Å². The lowest BCUT2D eigenvalue weighted by atomic mass is 9.99. The summed E-state index contributed by atoms with van der Waals surface area (Å²) in [6.45, 7) is 7.52. The molecule has 1 saturated heterocycles. The van der Waals surface area contributed by atoms with Gasteiger partial charge in [0.2, 0.25) is 11.8 Å². The highest BCUT2D eigenvalue weighted by atomic mass is 16.7. The van der Waals surface area contributed by atoms with Gasteiger partial charge in [-0.2, -0.15) is 0 Å². The summed E-state index contributed by atoms with van der Waals surface area (Å²) in [4.78, 5) is 28.0. The molecule has 3 atom stereocenters. The molecule has 0 spiro atoms. The van der Waals surface area contributed by atoms with Gasteiger partial charge < -0.3 is 35.8 Å². The second-order valence-electron chi connectivity index (χ2n) is 14.8. The number of hydrogen-bond acceptors (Lipinski definition) is 7. The standard InChI is InChI=1S/C45H66N4O5/c1-3-5-7-9-11-15-29-49(30-16-12-10-8-6-4-2)33-39-32-42(36-27-25-35(34-50)26-28-36)54-45(53-39)37-19-17-20-38(31-37)47-43(51)23-18-24-44(52)48-41-22-14-13-21-40(41)46/h13-14,17,19-22,25-28,31,39,42,45,50H,3-12,15-16,18,23-24,29-30,32-34,46H2,1-2H3,(H,47,51)(H,48,52). The van der Waals surface area contributed by atoms with Crippen LogP contribution in [0.25, 0.3) is 0 Å². The molecule has 296 valence electrons. The topological polar surface area (TPSA) is 126 Å². The third kappa shape index (κ3) is 15.5. The monoisotopic (exact) mass is 743 g/mol. The number of carbonyl (C=O) groups is 2. The normalized spacial score (nSPS) is 17.1. The van der Waals surface area contributed by atoms with Gasteiger partial charge in [-0.3, -0.25) is 9.59 Å². The largest absolute Gasteiger partial charge is 0.397 e. The number of aliphatic hydroxyl groups is 1. The molecule has 0 aliphatic carbocycles. The molecule has 9 heteroatoms. The van der Waals surface area contributed by atoms with E-state index in [0.717, 1.165) is 42.7 Å². The Labute approximate surface area is 324 Å². The van der Waals surface area contributed by atoms with Crippen molar-refractivity contribution < 1.29 is 24.2 Å². The van der Waals surface area contributed by atoms with Crippen LogP contribution < -0.4 is 16.4 Å². The molecule has 3 unspecified atom stereocenters. The van der Waals surface area contributed by atoms with Gasteiger partial charge in [-0.15, -0.1) is 0 Å². The lowest BCUT2D eigenvalue weighted by Gasteiger charge is -2.38. The van der Waals surface area contributed by atoms with Crippen LogP contribution in [-0.2, 0) is 25.7 Å². The highest BCUT2D eigenvalue weighted by Crippen LogP contribution is 2.39. The maximum absolute atomic E-state index is 12.9. The molecule has 0 saturated carbocycles. The highest BCUT2D eigenvalue weighted by Gasteiger charge is 2.33. The third-order valence-corrected chi connectivity index (χ3v) is 10.2. The molecule has 0 aromatic heterocycles. The number of hydrogen-bond donors (Lipinski definition) is 4. The summed E-state index contributed by atoms with van der Waals surface area (Å²) in [5.41, 5.74) is 10.4. The van der Waals surface area contributed by atoms with Crippen LogP contribution in [0.15, 0.2) is 72.8 Å². The van der Waals surface area contributed by atoms with Crippen LogP contribution >= 0.6 is 0 Å². The van der Waals surface area contributed by atoms with Gasteiger partial charge in [-0.25, -0.2) is 0 Å². The molecular weight excluding hydrogens is 677 g/mol. The zero-order valence-electron chi connectivity index (χ0n) is 32.9. The van der Waals surface area contributed by atoms with Crippen LogP contribution in [0.3, 0.4) is 0 Å². The molecular formula is C45H66N4O5. The van der Waals surface area contributed by atoms with Gasteiger partial charge in [-0.1, -0.05) is 127 Å². The fraction of sp³-hybridized carbons (Fsp3) is 0.556. The molecule has 1 heterocycles. The van der Waals surface area contributed by atoms with Crippen molar-refractivity contribution in [2.45, 2.75) is 142 Å². The third-order valence-electron chi connectivity index (χ3n) is 10.2. The highest BCUT2D eigenvalue weighted by molar-refractivity contribution is 5.94. The minimum atomic E-state index is -0.609. The Morgan fingerprint density at radius 1 is 0.722 bits per heavy atom. The fourth-order valence-electron chi connectivity index (χ4n) is 7.07. The van der Waals surface area contributed by atoms with Gasteiger partial charge in [0.15, 0.2) is 6.29 Å². The number of benzene rings is 3. The molecule has 1 aliphatic heterocycles. The molecule has 4 rings (SSSR count). The predicted octanol–water partition coefficient (Wildman–Crippen LogP) is 10.1. The number of nitrogen functional groups attached to an aromatic ring is 1. The van der Waals surface area contributed by atoms with Crippen LogP contribution in [0.4, 0.5) is 17.1 Å². The Balaban J connectivity index is 1.40. The maximum Gasteiger partial charge on any atom is 0.224 e. The number of nitrogens with zero attached hydrogens (tertiary/aromatic N) is 1. The van der Waals surface area contributed by atoms with E-state index < -0.39 is 6.29 Å². The van der Waals surface area contributed by atoms with E-state index in [1.165, 1.54) is 77.0 Å². The van der Waals surface area contributed by atoms with Crippen molar-refractivity contribution in [1.82, 2.24) is 4.90 Å². The summed E-state index contributed by atoms with van der Waals surface area (Å²) < 4.78 is 13.4. The lowest BCUT2D eigenvalue weighted by molar-refractivity contribution is -0.253. The summed E-state index contributed by atoms with van der Waals surface area (Å²) in [5, 5.41) is 15.5. The number of amides is 2. The van der Waals surface area contributed by atoms with E-state index in [9.17, 15) is 14.7 Å². The first kappa shape index (κ1) is 43.0. The SMILES string of the molecule is CCCCCCCCN(CCCCCCCC)CC1CC(c2ccc(CO)cc2)OC(c2cccc(NC(=O)CCCC(=O)Nc3ccccc3N)c2)O1. The zero-order valence-corrected chi connectivity index (χ0v) is 32.9. The van der Waals surface area contributed by atoms with Crippen molar-refractivity contribution in [2.24, 2.45) is 0 Å². The number of unbranched alkanes of at least 4 members (excludes halogenated alkanes) is 10. The molecule has 1 aliphatic rings. The van der Waals surface area contributed by atoms with Gasteiger partial charge in [0.25, 0.3) is 0 Å². The van der Waals surface area contributed by atoms with Crippen molar-refractivity contribution in [3.05, 3.63) is 89.5 Å². The van der Waals surface area contributed by atoms with Gasteiger partial charge in [0, 0.05) is 37.1 Å². The minimum absolute atomic E-state index is 0.000532. The molecule has 2 amide bonds. The Morgan fingerprint density at radius 2 is 1.35 bits per heavy atom. The van der Waals surface area contributed by atoms with Crippen molar-refractivity contribution in [3.8, 4) is 0 Å². The van der Waals surface area contributed by atoms with Crippen LogP contribution in [-0.4, -0.2) is 47.6 Å². The van der Waals surface area contributed by atoms with Crippen molar-refractivity contribution in [3.63, 3.8) is 0 Å². The number of anilines is 3. The molecule has 54 heavy (non-hydrogen) atoms. The Hall–Kier alpha value is -3.76. The van der Waals surface area contributed by atoms with Crippen LogP contribution in [0.1, 0.15) is 146 Å². The number of carbonyl (C=O) groups excluding carboxylic acids is 2. The Bertz CT molecular complexity index is 1500. The van der Waals surface area contributed by atoms with Crippen molar-refractivity contribution >= 4 is 28.9 Å². The summed E-state index contributed by atoms with van der Waals surface area (Å²) in [7, 11) is 0. The molecule has 1 fully saturated rings. The zero-order chi connectivity index (χ0) is 38.4. The fourth-order valence-corrected chi connectivity index (χ4v) is 7.07. The van der Waals surface area contributed by atoms with Gasteiger partial charge in [0.05, 0.1) is 30.2 Å². The quantitative estimate of drug-likeness (QED) is 0.0503. The van der Waals surface area contributed by atoms with Gasteiger partial charge >= 0.3 is 0 Å². The van der Waals surface area contributed by atoms with Crippen molar-refractivity contribution in [1.29, 1.82) is 0 Å². The Kier molecular flexibility index (Phi) is 19.6. The summed E-state index contributed by atoms with van der Waals surface area (Å²) in [6, 6.07) is 22.8. The van der Waals surface area contributed by atoms with Crippen LogP contribution in [0, 0.1) is 0 Å². The molecule has 3 aromatic carbocycles. The summed E-state index contributed by atoms with van der Waals surface area (Å²) in [6.07, 6.45) is 16.0. The van der Waals surface area contributed by atoms with E-state index in [2.05, 4.69) is 29.4 Å². The van der Waals surface area contributed by atoms with Gasteiger partial charge in [-0.05, 0) is 67.7 Å². The van der Waals surface area contributed by atoms with Crippen molar-refractivity contribution in [2.75, 3.05) is 36.0 Å². The predicted molar refractivity (Wildman–Crippen MR) is 220 cm³/mol. The molecule has 0 bridgehead atoms. The van der Waals surface area contributed by atoms with E-state index in [1.807, 2.05) is 60.7 Å². The number of ether oxygens (including phenoxy) is 2. The molecule has 3 aromatic rings. The smallest absolute Gasteiger partial charge is 0.224 e. The number of aliphatic hydroxyl groups excluding tert-OH is 1. The maximum atomic E-state index is 12.9. The average Bonchev–Trinajstić information content (AvgIpc) is 3.18. The van der Waals surface area contributed by atoms with E-state index in [4.69, 9.17) is 15.2 Å². The number of nitrogens with two attached hydrogens (primary N) is 1. The lowest BCUT2D eigenvalue weighted by Crippen LogP contribution is -2.40. The van der Waals surface area contributed by atoms with E-state index >= 15 is 0 Å². The number of nitrogens with one attached hydrogen (secondary N) is 2. The Morgan fingerprint density at radius 3 is 2.00 bits per heavy atom. The van der Waals surface area contributed by atoms with Crippen LogP contribution in [0.5, 0.6) is 0 Å². The first-order valence-electron chi connectivity index (χ1n) is 20.7. The summed E-state index contributed by atoms with van der Waals surface area (Å²) in [5.74, 6) is -0.341. The summed E-state index contributed by atoms with van der Waals surface area (Å²) >= 11 is 0. The number of para-hydroxylation sites is 2. The van der Waals surface area contributed by atoms with E-state index in [0.29, 0.717) is 23.5 Å². The van der Waals surface area contributed by atoms with E-state index in [1.54, 1.807) is 12.1 Å².